The molecular formula is C13H12BrNO3S. The molecule has 0 fully saturated rings. The number of nitrogens with zero attached hydrogens (tertiary/aromatic N) is 1. The normalized spacial score (nSPS) is 13.1. The standard InChI is InChI=1S/C13H12NO3S.BrH/c15-12(8-14-4-6-18-9-14)10-1-2-13-11(7-10)3-5-16-17-13;/h1-2,4,6-7,9H,3,5,8H2;1H/q+1;/p-1. The first-order chi connectivity index (χ1) is 8.83. The SMILES string of the molecule is O=C(C[n+]1ccsc1)c1ccc2c(c1)CCOO2.[Br-]. The number of Topliss-reactive ketones (excluding diaryl/α,β-unsaturated/α-hetero) is 1. The Morgan fingerprint density at radius 1 is 1.42 bits per heavy atom. The van der Waals surface area contributed by atoms with Crippen LogP contribution in [0.15, 0.2) is 35.3 Å². The number of ketones is 1. The molecule has 0 spiro atoms. The molecule has 0 saturated heterocycles. The molecule has 0 aliphatic carbocycles. The van der Waals surface area contributed by atoms with Crippen molar-refractivity contribution in [2.75, 3.05) is 6.61 Å². The molecule has 1 aliphatic rings. The van der Waals surface area contributed by atoms with E-state index in [1.165, 1.54) is 0 Å². The van der Waals surface area contributed by atoms with Gasteiger partial charge in [0.05, 0.1) is 12.0 Å². The number of rotatable bonds is 3. The van der Waals surface area contributed by atoms with Crippen molar-refractivity contribution in [3.63, 3.8) is 0 Å². The van der Waals surface area contributed by atoms with E-state index in [1.807, 2.05) is 27.7 Å². The zero-order valence-corrected chi connectivity index (χ0v) is 12.4. The predicted molar refractivity (Wildman–Crippen MR) is 65.6 cm³/mol. The van der Waals surface area contributed by atoms with Crippen molar-refractivity contribution in [2.45, 2.75) is 13.0 Å². The number of halogens is 1. The van der Waals surface area contributed by atoms with Crippen LogP contribution in [-0.4, -0.2) is 12.4 Å². The van der Waals surface area contributed by atoms with E-state index in [-0.39, 0.29) is 22.8 Å². The van der Waals surface area contributed by atoms with E-state index in [4.69, 9.17) is 9.78 Å². The summed E-state index contributed by atoms with van der Waals surface area (Å²) < 4.78 is 1.88. The second-order valence-corrected chi connectivity index (χ2v) is 4.86. The van der Waals surface area contributed by atoms with Gasteiger partial charge in [-0.1, -0.05) is 11.3 Å². The van der Waals surface area contributed by atoms with Crippen molar-refractivity contribution in [1.82, 2.24) is 0 Å². The molecule has 4 nitrogen and oxygen atoms in total. The van der Waals surface area contributed by atoms with Gasteiger partial charge in [0, 0.05) is 17.5 Å². The van der Waals surface area contributed by atoms with Gasteiger partial charge in [0.2, 0.25) is 17.8 Å². The zero-order chi connectivity index (χ0) is 12.4. The summed E-state index contributed by atoms with van der Waals surface area (Å²) in [5.41, 5.74) is 3.67. The van der Waals surface area contributed by atoms with Crippen LogP contribution in [-0.2, 0) is 17.9 Å². The average molecular weight is 342 g/mol. The fourth-order valence-electron chi connectivity index (χ4n) is 1.90. The van der Waals surface area contributed by atoms with Gasteiger partial charge in [-0.3, -0.25) is 4.79 Å². The third-order valence-electron chi connectivity index (χ3n) is 2.84. The Labute approximate surface area is 125 Å². The van der Waals surface area contributed by atoms with E-state index in [9.17, 15) is 4.79 Å². The Hall–Kier alpha value is -1.24. The molecule has 0 bridgehead atoms. The first-order valence-corrected chi connectivity index (χ1v) is 6.64. The highest BCUT2D eigenvalue weighted by molar-refractivity contribution is 7.07. The van der Waals surface area contributed by atoms with Crippen LogP contribution in [0, 0.1) is 0 Å². The van der Waals surface area contributed by atoms with Crippen LogP contribution in [0.5, 0.6) is 5.75 Å². The summed E-state index contributed by atoms with van der Waals surface area (Å²) in [6, 6.07) is 5.47. The Bertz CT molecular complexity index is 571. The lowest BCUT2D eigenvalue weighted by atomic mass is 10.0. The average Bonchev–Trinajstić information content (AvgIpc) is 2.91. The molecule has 2 heterocycles. The summed E-state index contributed by atoms with van der Waals surface area (Å²) in [4.78, 5) is 22.1. The van der Waals surface area contributed by atoms with E-state index in [0.717, 1.165) is 17.5 Å². The number of carbonyl (C=O) groups is 1. The largest absolute Gasteiger partial charge is 1.00 e. The molecule has 0 amide bonds. The first-order valence-electron chi connectivity index (χ1n) is 5.70. The van der Waals surface area contributed by atoms with Crippen molar-refractivity contribution in [3.8, 4) is 5.75 Å². The van der Waals surface area contributed by atoms with Crippen LogP contribution in [0.25, 0.3) is 0 Å². The highest BCUT2D eigenvalue weighted by atomic mass is 79.9. The lowest BCUT2D eigenvalue weighted by Crippen LogP contribution is -3.00. The van der Waals surface area contributed by atoms with Crippen LogP contribution in [0.1, 0.15) is 15.9 Å². The number of carbonyl (C=O) groups excluding carboxylic acids is 1. The number of hydrogen-bond donors (Lipinski definition) is 0. The topological polar surface area (TPSA) is 39.4 Å². The van der Waals surface area contributed by atoms with Gasteiger partial charge in [-0.2, -0.15) is 9.45 Å². The van der Waals surface area contributed by atoms with Crippen LogP contribution in [0.4, 0.5) is 0 Å². The first kappa shape index (κ1) is 14.2. The molecule has 0 unspecified atom stereocenters. The van der Waals surface area contributed by atoms with Gasteiger partial charge in [0.1, 0.15) is 0 Å². The summed E-state index contributed by atoms with van der Waals surface area (Å²) >= 11 is 1.57. The molecule has 0 saturated carbocycles. The maximum atomic E-state index is 12.1. The minimum absolute atomic E-state index is 0. The number of thiazole rings is 1. The molecule has 100 valence electrons. The Morgan fingerprint density at radius 2 is 2.32 bits per heavy atom. The molecule has 1 aromatic heterocycles. The summed E-state index contributed by atoms with van der Waals surface area (Å²) in [5, 5.41) is 1.95. The molecular weight excluding hydrogens is 330 g/mol. The second kappa shape index (κ2) is 6.27. The zero-order valence-electron chi connectivity index (χ0n) is 10.0. The van der Waals surface area contributed by atoms with Crippen LogP contribution >= 0.6 is 11.3 Å². The van der Waals surface area contributed by atoms with Gasteiger partial charge < -0.3 is 21.9 Å². The minimum Gasteiger partial charge on any atom is -1.00 e. The van der Waals surface area contributed by atoms with E-state index >= 15 is 0 Å². The smallest absolute Gasteiger partial charge is 0.227 e. The Morgan fingerprint density at radius 3 is 3.11 bits per heavy atom. The summed E-state index contributed by atoms with van der Waals surface area (Å²) in [7, 11) is 0. The lowest BCUT2D eigenvalue weighted by molar-refractivity contribution is -0.678. The van der Waals surface area contributed by atoms with Crippen molar-refractivity contribution >= 4 is 17.1 Å². The number of aromatic nitrogens is 1. The molecule has 3 rings (SSSR count). The van der Waals surface area contributed by atoms with E-state index in [1.54, 1.807) is 23.5 Å². The molecule has 6 heteroatoms. The van der Waals surface area contributed by atoms with Crippen LogP contribution in [0.3, 0.4) is 0 Å². The highest BCUT2D eigenvalue weighted by Gasteiger charge is 2.17. The second-order valence-electron chi connectivity index (χ2n) is 4.10. The van der Waals surface area contributed by atoms with Crippen LogP contribution in [0.2, 0.25) is 0 Å². The third kappa shape index (κ3) is 3.20. The van der Waals surface area contributed by atoms with Crippen molar-refractivity contribution in [3.05, 3.63) is 46.4 Å². The maximum absolute atomic E-state index is 12.1. The monoisotopic (exact) mass is 341 g/mol. The number of fused-ring (bicyclic) bond motifs is 1. The summed E-state index contributed by atoms with van der Waals surface area (Å²) in [6.07, 6.45) is 2.68. The highest BCUT2D eigenvalue weighted by Crippen LogP contribution is 2.24. The maximum Gasteiger partial charge on any atom is 0.227 e. The minimum atomic E-state index is 0. The van der Waals surface area contributed by atoms with Gasteiger partial charge in [0.25, 0.3) is 0 Å². The fraction of sp³-hybridized carbons (Fsp3) is 0.231. The Balaban J connectivity index is 0.00000133. The Kier molecular flexibility index (Phi) is 4.68. The molecule has 19 heavy (non-hydrogen) atoms. The van der Waals surface area contributed by atoms with Crippen molar-refractivity contribution in [2.24, 2.45) is 0 Å². The van der Waals surface area contributed by atoms with Crippen molar-refractivity contribution < 1.29 is 36.1 Å². The number of hydrogen-bond acceptors (Lipinski definition) is 4. The van der Waals surface area contributed by atoms with Gasteiger partial charge in [-0.05, 0) is 18.2 Å². The van der Waals surface area contributed by atoms with Crippen molar-refractivity contribution in [1.29, 1.82) is 0 Å². The van der Waals surface area contributed by atoms with E-state index in [2.05, 4.69) is 0 Å². The van der Waals surface area contributed by atoms with Gasteiger partial charge in [-0.25, -0.2) is 0 Å². The van der Waals surface area contributed by atoms with E-state index in [0.29, 0.717) is 18.9 Å². The molecule has 0 N–H and O–H groups in total. The molecule has 0 atom stereocenters. The summed E-state index contributed by atoms with van der Waals surface area (Å²) in [5.74, 6) is 0.814. The predicted octanol–water partition coefficient (Wildman–Crippen LogP) is -1.21. The van der Waals surface area contributed by atoms with Gasteiger partial charge >= 0.3 is 0 Å². The number of benzene rings is 1. The molecule has 0 radical (unpaired) electrons. The summed E-state index contributed by atoms with van der Waals surface area (Å²) in [6.45, 7) is 0.906. The van der Waals surface area contributed by atoms with E-state index < -0.39 is 0 Å². The molecule has 2 aromatic rings. The van der Waals surface area contributed by atoms with Crippen LogP contribution < -0.4 is 26.4 Å². The van der Waals surface area contributed by atoms with Gasteiger partial charge in [-0.15, -0.1) is 0 Å². The fourth-order valence-corrected chi connectivity index (χ4v) is 2.49. The molecule has 1 aliphatic heterocycles. The third-order valence-corrected chi connectivity index (χ3v) is 3.51. The van der Waals surface area contributed by atoms with Gasteiger partial charge in [0.15, 0.2) is 11.9 Å². The lowest BCUT2D eigenvalue weighted by Gasteiger charge is -2.15. The molecule has 1 aromatic carbocycles. The quantitative estimate of drug-likeness (QED) is 0.399.